The molecule has 1 heterocycles. The van der Waals surface area contributed by atoms with Crippen LogP contribution in [0.2, 0.25) is 0 Å². The summed E-state index contributed by atoms with van der Waals surface area (Å²) in [6, 6.07) is 3.30. The lowest BCUT2D eigenvalue weighted by atomic mass is 10.2. The molecule has 0 fully saturated rings. The van der Waals surface area contributed by atoms with Gasteiger partial charge >= 0.3 is 5.97 Å². The number of carbonyl (C=O) groups is 1. The molecule has 0 amide bonds. The second kappa shape index (κ2) is 5.47. The predicted octanol–water partition coefficient (Wildman–Crippen LogP) is 1.97. The number of nitrogens with zero attached hydrogens (tertiary/aromatic N) is 2. The van der Waals surface area contributed by atoms with E-state index in [1.807, 2.05) is 0 Å². The number of aromatic carboxylic acids is 1. The second-order valence-electron chi connectivity index (χ2n) is 3.82. The fourth-order valence-corrected chi connectivity index (χ4v) is 1.59. The molecule has 0 aliphatic heterocycles. The molecule has 0 aliphatic carbocycles. The van der Waals surface area contributed by atoms with Crippen LogP contribution in [0.3, 0.4) is 0 Å². The summed E-state index contributed by atoms with van der Waals surface area (Å²) in [7, 11) is 0. The van der Waals surface area contributed by atoms with E-state index in [-0.39, 0.29) is 12.2 Å². The third-order valence-electron chi connectivity index (χ3n) is 2.49. The Morgan fingerprint density at radius 3 is 2.58 bits per heavy atom. The highest BCUT2D eigenvalue weighted by Gasteiger charge is 2.14. The first kappa shape index (κ1) is 13.0. The average Bonchev–Trinajstić information content (AvgIpc) is 2.85. The molecule has 0 atom stereocenters. The third kappa shape index (κ3) is 3.06. The summed E-state index contributed by atoms with van der Waals surface area (Å²) in [4.78, 5) is 10.6. The van der Waals surface area contributed by atoms with Gasteiger partial charge in [-0.15, -0.1) is 0 Å². The maximum absolute atomic E-state index is 13.5. The van der Waals surface area contributed by atoms with Crippen LogP contribution in [0.1, 0.15) is 10.4 Å². The Hall–Kier alpha value is -2.44. The number of hydrogen-bond acceptors (Lipinski definition) is 3. The monoisotopic (exact) mass is 267 g/mol. The standard InChI is InChI=1S/C12H11F2N3O2/c13-9-6-8(12(18)19)7-10(14)11(9)15-3-5-17-4-1-2-16-17/h1-2,4,6-7,15H,3,5H2,(H,18,19). The molecule has 5 nitrogen and oxygen atoms in total. The van der Waals surface area contributed by atoms with Crippen molar-refractivity contribution in [1.82, 2.24) is 9.78 Å². The van der Waals surface area contributed by atoms with Crippen molar-refractivity contribution in [3.63, 3.8) is 0 Å². The lowest BCUT2D eigenvalue weighted by Gasteiger charge is -2.09. The minimum Gasteiger partial charge on any atom is -0.478 e. The van der Waals surface area contributed by atoms with E-state index in [2.05, 4.69) is 10.4 Å². The van der Waals surface area contributed by atoms with Gasteiger partial charge in [-0.3, -0.25) is 4.68 Å². The number of aromatic nitrogens is 2. The highest BCUT2D eigenvalue weighted by Crippen LogP contribution is 2.20. The van der Waals surface area contributed by atoms with Crippen molar-refractivity contribution in [2.45, 2.75) is 6.54 Å². The predicted molar refractivity (Wildman–Crippen MR) is 64.0 cm³/mol. The Bertz CT molecular complexity index is 562. The lowest BCUT2D eigenvalue weighted by Crippen LogP contribution is -2.13. The van der Waals surface area contributed by atoms with Gasteiger partial charge < -0.3 is 10.4 Å². The molecule has 2 aromatic rings. The van der Waals surface area contributed by atoms with Crippen LogP contribution in [0, 0.1) is 11.6 Å². The Morgan fingerprint density at radius 1 is 1.37 bits per heavy atom. The van der Waals surface area contributed by atoms with Crippen LogP contribution in [-0.2, 0) is 6.54 Å². The Kier molecular flexibility index (Phi) is 3.74. The van der Waals surface area contributed by atoms with Crippen molar-refractivity contribution < 1.29 is 18.7 Å². The zero-order chi connectivity index (χ0) is 13.8. The van der Waals surface area contributed by atoms with Crippen LogP contribution in [0.15, 0.2) is 30.6 Å². The highest BCUT2D eigenvalue weighted by molar-refractivity contribution is 5.88. The van der Waals surface area contributed by atoms with Gasteiger partial charge in [0.1, 0.15) is 17.3 Å². The normalized spacial score (nSPS) is 10.4. The largest absolute Gasteiger partial charge is 0.478 e. The molecule has 1 aromatic carbocycles. The van der Waals surface area contributed by atoms with E-state index < -0.39 is 23.2 Å². The van der Waals surface area contributed by atoms with E-state index in [4.69, 9.17) is 5.11 Å². The molecule has 0 aliphatic rings. The minimum absolute atomic E-state index is 0.266. The minimum atomic E-state index is -1.37. The van der Waals surface area contributed by atoms with Crippen LogP contribution in [0.5, 0.6) is 0 Å². The van der Waals surface area contributed by atoms with Crippen LogP contribution in [0.25, 0.3) is 0 Å². The first-order chi connectivity index (χ1) is 9.08. The van der Waals surface area contributed by atoms with E-state index in [9.17, 15) is 13.6 Å². The van der Waals surface area contributed by atoms with Gasteiger partial charge in [0, 0.05) is 18.9 Å². The fourth-order valence-electron chi connectivity index (χ4n) is 1.59. The first-order valence-electron chi connectivity index (χ1n) is 5.51. The van der Waals surface area contributed by atoms with Gasteiger partial charge in [-0.2, -0.15) is 5.10 Å². The summed E-state index contributed by atoms with van der Waals surface area (Å²) < 4.78 is 28.7. The van der Waals surface area contributed by atoms with Gasteiger partial charge in [-0.1, -0.05) is 0 Å². The smallest absolute Gasteiger partial charge is 0.335 e. The topological polar surface area (TPSA) is 67.2 Å². The molecule has 2 N–H and O–H groups in total. The van der Waals surface area contributed by atoms with E-state index in [0.717, 1.165) is 12.1 Å². The van der Waals surface area contributed by atoms with Crippen LogP contribution in [-0.4, -0.2) is 27.4 Å². The number of benzene rings is 1. The van der Waals surface area contributed by atoms with Crippen LogP contribution >= 0.6 is 0 Å². The maximum Gasteiger partial charge on any atom is 0.335 e. The number of nitrogens with one attached hydrogen (secondary N) is 1. The fraction of sp³-hybridized carbons (Fsp3) is 0.167. The zero-order valence-electron chi connectivity index (χ0n) is 9.81. The average molecular weight is 267 g/mol. The molecule has 7 heteroatoms. The van der Waals surface area contributed by atoms with Gasteiger partial charge in [0.15, 0.2) is 0 Å². The second-order valence-corrected chi connectivity index (χ2v) is 3.82. The lowest BCUT2D eigenvalue weighted by molar-refractivity contribution is 0.0696. The molecule has 0 radical (unpaired) electrons. The van der Waals surface area contributed by atoms with Crippen molar-refractivity contribution in [1.29, 1.82) is 0 Å². The molecule has 2 rings (SSSR count). The third-order valence-corrected chi connectivity index (χ3v) is 2.49. The molecule has 19 heavy (non-hydrogen) atoms. The van der Waals surface area contributed by atoms with Crippen molar-refractivity contribution in [3.05, 3.63) is 47.8 Å². The Morgan fingerprint density at radius 2 is 2.05 bits per heavy atom. The molecule has 0 saturated carbocycles. The van der Waals surface area contributed by atoms with Crippen LogP contribution in [0.4, 0.5) is 14.5 Å². The number of rotatable bonds is 5. The Labute approximate surface area is 107 Å². The summed E-state index contributed by atoms with van der Waals surface area (Å²) in [6.45, 7) is 0.703. The summed E-state index contributed by atoms with van der Waals surface area (Å²) in [5.41, 5.74) is -0.759. The highest BCUT2D eigenvalue weighted by atomic mass is 19.1. The zero-order valence-corrected chi connectivity index (χ0v) is 9.81. The Balaban J connectivity index is 2.06. The van der Waals surface area contributed by atoms with Crippen molar-refractivity contribution in [2.75, 3.05) is 11.9 Å². The molecule has 0 unspecified atom stereocenters. The van der Waals surface area contributed by atoms with Crippen molar-refractivity contribution in [3.8, 4) is 0 Å². The van der Waals surface area contributed by atoms with E-state index >= 15 is 0 Å². The van der Waals surface area contributed by atoms with Gasteiger partial charge in [-0.25, -0.2) is 13.6 Å². The van der Waals surface area contributed by atoms with E-state index in [0.29, 0.717) is 6.54 Å². The number of anilines is 1. The summed E-state index contributed by atoms with van der Waals surface area (Å²) in [5, 5.41) is 15.2. The van der Waals surface area contributed by atoms with Gasteiger partial charge in [0.2, 0.25) is 0 Å². The molecule has 0 saturated heterocycles. The van der Waals surface area contributed by atoms with Crippen LogP contribution < -0.4 is 5.32 Å². The molecule has 0 bridgehead atoms. The van der Waals surface area contributed by atoms with Gasteiger partial charge in [0.25, 0.3) is 0 Å². The SMILES string of the molecule is O=C(O)c1cc(F)c(NCCn2cccn2)c(F)c1. The van der Waals surface area contributed by atoms with Crippen molar-refractivity contribution in [2.24, 2.45) is 0 Å². The first-order valence-corrected chi connectivity index (χ1v) is 5.51. The van der Waals surface area contributed by atoms with Gasteiger partial charge in [-0.05, 0) is 18.2 Å². The molecule has 1 aromatic heterocycles. The number of hydrogen-bond donors (Lipinski definition) is 2. The quantitative estimate of drug-likeness (QED) is 0.869. The molecular formula is C12H11F2N3O2. The summed E-state index contributed by atoms with van der Waals surface area (Å²) in [5.74, 6) is -3.24. The summed E-state index contributed by atoms with van der Waals surface area (Å²) in [6.07, 6.45) is 3.32. The molecular weight excluding hydrogens is 256 g/mol. The van der Waals surface area contributed by atoms with E-state index in [1.54, 1.807) is 23.1 Å². The number of carboxylic acid groups (broad SMARTS) is 1. The van der Waals surface area contributed by atoms with Gasteiger partial charge in [0.05, 0.1) is 12.1 Å². The number of carboxylic acids is 1. The number of halogens is 2. The van der Waals surface area contributed by atoms with Crippen molar-refractivity contribution >= 4 is 11.7 Å². The molecule has 100 valence electrons. The van der Waals surface area contributed by atoms with E-state index in [1.165, 1.54) is 0 Å². The summed E-state index contributed by atoms with van der Waals surface area (Å²) >= 11 is 0. The molecule has 0 spiro atoms. The maximum atomic E-state index is 13.5.